The Labute approximate surface area is 124 Å². The monoisotopic (exact) mass is 371 g/mol. The van der Waals surface area contributed by atoms with E-state index >= 15 is 0 Å². The Kier molecular flexibility index (Phi) is 4.09. The Hall–Kier alpha value is -0.990. The zero-order valence-corrected chi connectivity index (χ0v) is 12.5. The molecule has 0 aliphatic carbocycles. The molecule has 0 amide bonds. The molecule has 100 valence electrons. The lowest BCUT2D eigenvalue weighted by Crippen LogP contribution is -2.13. The highest BCUT2D eigenvalue weighted by Gasteiger charge is 2.16. The molecule has 1 fully saturated rings. The van der Waals surface area contributed by atoms with E-state index < -0.39 is 0 Å². The van der Waals surface area contributed by atoms with Crippen LogP contribution in [0, 0.1) is 9.49 Å². The second-order valence-corrected chi connectivity index (χ2v) is 5.77. The highest BCUT2D eigenvalue weighted by molar-refractivity contribution is 14.1. The molecule has 0 bridgehead atoms. The summed E-state index contributed by atoms with van der Waals surface area (Å²) in [7, 11) is 0. The normalized spacial score (nSPS) is 18.9. The van der Waals surface area contributed by atoms with Gasteiger partial charge < -0.3 is 4.74 Å². The molecule has 1 saturated heterocycles. The number of hydrogen-bond donors (Lipinski definition) is 1. The SMILES string of the molecule is Ic1ccc2ncnc(NOCC3CCOC3)c2c1. The largest absolute Gasteiger partial charge is 0.381 e. The van der Waals surface area contributed by atoms with Gasteiger partial charge in [0, 0.05) is 21.5 Å². The minimum absolute atomic E-state index is 0.473. The summed E-state index contributed by atoms with van der Waals surface area (Å²) < 4.78 is 6.46. The van der Waals surface area contributed by atoms with E-state index in [1.165, 1.54) is 0 Å². The summed E-state index contributed by atoms with van der Waals surface area (Å²) in [6.07, 6.45) is 2.60. The van der Waals surface area contributed by atoms with Gasteiger partial charge in [0.2, 0.25) is 0 Å². The molecule has 5 nitrogen and oxygen atoms in total. The summed E-state index contributed by atoms with van der Waals surface area (Å²) in [5.74, 6) is 1.18. The maximum atomic E-state index is 5.53. The first-order chi connectivity index (χ1) is 9.33. The van der Waals surface area contributed by atoms with Gasteiger partial charge >= 0.3 is 0 Å². The Morgan fingerprint density at radius 2 is 2.37 bits per heavy atom. The third-order valence-corrected chi connectivity index (χ3v) is 3.78. The fraction of sp³-hybridized carbons (Fsp3) is 0.385. The van der Waals surface area contributed by atoms with Gasteiger partial charge in [-0.3, -0.25) is 4.84 Å². The molecule has 0 spiro atoms. The molecule has 19 heavy (non-hydrogen) atoms. The smallest absolute Gasteiger partial charge is 0.161 e. The van der Waals surface area contributed by atoms with E-state index in [0.29, 0.717) is 18.3 Å². The van der Waals surface area contributed by atoms with Gasteiger partial charge in [-0.25, -0.2) is 15.4 Å². The van der Waals surface area contributed by atoms with E-state index in [-0.39, 0.29) is 0 Å². The molecule has 1 aliphatic rings. The van der Waals surface area contributed by atoms with E-state index in [9.17, 15) is 0 Å². The van der Waals surface area contributed by atoms with Crippen LogP contribution >= 0.6 is 22.6 Å². The van der Waals surface area contributed by atoms with Crippen molar-refractivity contribution in [3.63, 3.8) is 0 Å². The molecule has 1 unspecified atom stereocenters. The third-order valence-electron chi connectivity index (χ3n) is 3.11. The number of hydrogen-bond acceptors (Lipinski definition) is 5. The fourth-order valence-corrected chi connectivity index (χ4v) is 2.54. The second-order valence-electron chi connectivity index (χ2n) is 4.53. The summed E-state index contributed by atoms with van der Waals surface area (Å²) in [4.78, 5) is 14.0. The quantitative estimate of drug-likeness (QED) is 0.662. The highest BCUT2D eigenvalue weighted by atomic mass is 127. The van der Waals surface area contributed by atoms with Crippen LogP contribution in [0.4, 0.5) is 5.82 Å². The van der Waals surface area contributed by atoms with Gasteiger partial charge in [-0.2, -0.15) is 0 Å². The van der Waals surface area contributed by atoms with Crippen LogP contribution in [0.5, 0.6) is 0 Å². The lowest BCUT2D eigenvalue weighted by Gasteiger charge is -2.11. The summed E-state index contributed by atoms with van der Waals surface area (Å²) in [5, 5.41) is 0.970. The molecule has 2 heterocycles. The molecule has 1 aromatic carbocycles. The average molecular weight is 371 g/mol. The van der Waals surface area contributed by atoms with Crippen molar-refractivity contribution in [3.8, 4) is 0 Å². The van der Waals surface area contributed by atoms with E-state index in [2.05, 4.69) is 38.0 Å². The number of nitrogens with one attached hydrogen (secondary N) is 1. The van der Waals surface area contributed by atoms with Crippen molar-refractivity contribution in [1.82, 2.24) is 9.97 Å². The lowest BCUT2D eigenvalue weighted by molar-refractivity contribution is 0.126. The number of ether oxygens (including phenoxy) is 1. The first kappa shape index (κ1) is 13.0. The zero-order chi connectivity index (χ0) is 13.1. The van der Waals surface area contributed by atoms with Crippen LogP contribution < -0.4 is 5.48 Å². The van der Waals surface area contributed by atoms with Crippen LogP contribution in [-0.2, 0) is 9.57 Å². The summed E-state index contributed by atoms with van der Waals surface area (Å²) in [5.41, 5.74) is 3.84. The molecular weight excluding hydrogens is 357 g/mol. The van der Waals surface area contributed by atoms with Crippen molar-refractivity contribution in [3.05, 3.63) is 28.1 Å². The topological polar surface area (TPSA) is 56.3 Å². The second kappa shape index (κ2) is 5.98. The summed E-state index contributed by atoms with van der Waals surface area (Å²) in [6.45, 7) is 2.25. The van der Waals surface area contributed by atoms with Crippen LogP contribution in [0.25, 0.3) is 10.9 Å². The number of benzene rings is 1. The van der Waals surface area contributed by atoms with Crippen LogP contribution in [0.1, 0.15) is 6.42 Å². The van der Waals surface area contributed by atoms with Gasteiger partial charge in [0.25, 0.3) is 0 Å². The van der Waals surface area contributed by atoms with E-state index in [4.69, 9.17) is 9.57 Å². The Morgan fingerprint density at radius 3 is 3.21 bits per heavy atom. The average Bonchev–Trinajstić information content (AvgIpc) is 2.92. The molecule has 1 aromatic heterocycles. The van der Waals surface area contributed by atoms with Crippen LogP contribution in [0.3, 0.4) is 0 Å². The molecule has 2 aromatic rings. The minimum Gasteiger partial charge on any atom is -0.381 e. The molecular formula is C13H14IN3O2. The van der Waals surface area contributed by atoms with Gasteiger partial charge in [-0.05, 0) is 47.2 Å². The molecule has 0 saturated carbocycles. The fourth-order valence-electron chi connectivity index (χ4n) is 2.05. The van der Waals surface area contributed by atoms with Gasteiger partial charge in [-0.1, -0.05) is 0 Å². The standard InChI is InChI=1S/C13H14IN3O2/c14-10-1-2-12-11(5-10)13(16-8-15-12)17-19-7-9-3-4-18-6-9/h1-2,5,8-9H,3-4,6-7H2,(H,15,16,17). The summed E-state index contributed by atoms with van der Waals surface area (Å²) in [6, 6.07) is 6.05. The Bertz CT molecular complexity index is 573. The summed E-state index contributed by atoms with van der Waals surface area (Å²) >= 11 is 2.27. The maximum absolute atomic E-state index is 5.53. The van der Waals surface area contributed by atoms with Crippen LogP contribution in [0.15, 0.2) is 24.5 Å². The molecule has 0 radical (unpaired) electrons. The number of halogens is 1. The van der Waals surface area contributed by atoms with E-state index in [1.807, 2.05) is 18.2 Å². The Morgan fingerprint density at radius 1 is 1.42 bits per heavy atom. The molecule has 1 N–H and O–H groups in total. The number of aromatic nitrogens is 2. The predicted molar refractivity (Wildman–Crippen MR) is 80.8 cm³/mol. The van der Waals surface area contributed by atoms with Gasteiger partial charge in [0.05, 0.1) is 18.7 Å². The van der Waals surface area contributed by atoms with Gasteiger partial charge in [-0.15, -0.1) is 0 Å². The van der Waals surface area contributed by atoms with Crippen molar-refractivity contribution in [2.24, 2.45) is 5.92 Å². The molecule has 6 heteroatoms. The Balaban J connectivity index is 1.71. The predicted octanol–water partition coefficient (Wildman–Crippen LogP) is 2.61. The number of nitrogens with zero attached hydrogens (tertiary/aromatic N) is 2. The molecule has 3 rings (SSSR count). The van der Waals surface area contributed by atoms with Crippen molar-refractivity contribution < 1.29 is 9.57 Å². The van der Waals surface area contributed by atoms with E-state index in [1.54, 1.807) is 6.33 Å². The van der Waals surface area contributed by atoms with E-state index in [0.717, 1.165) is 34.1 Å². The van der Waals surface area contributed by atoms with Gasteiger partial charge in [0.15, 0.2) is 5.82 Å². The first-order valence-corrected chi connectivity index (χ1v) is 7.26. The number of fused-ring (bicyclic) bond motifs is 1. The number of anilines is 1. The molecule has 1 atom stereocenters. The molecule has 1 aliphatic heterocycles. The number of rotatable bonds is 4. The van der Waals surface area contributed by atoms with Crippen LogP contribution in [0.2, 0.25) is 0 Å². The first-order valence-electron chi connectivity index (χ1n) is 6.19. The van der Waals surface area contributed by atoms with Crippen molar-refractivity contribution >= 4 is 39.3 Å². The highest BCUT2D eigenvalue weighted by Crippen LogP contribution is 2.22. The van der Waals surface area contributed by atoms with Gasteiger partial charge in [0.1, 0.15) is 6.33 Å². The third kappa shape index (κ3) is 3.13. The lowest BCUT2D eigenvalue weighted by atomic mass is 10.1. The van der Waals surface area contributed by atoms with Crippen molar-refractivity contribution in [1.29, 1.82) is 0 Å². The van der Waals surface area contributed by atoms with Crippen LogP contribution in [-0.4, -0.2) is 29.8 Å². The maximum Gasteiger partial charge on any atom is 0.161 e. The zero-order valence-electron chi connectivity index (χ0n) is 10.3. The van der Waals surface area contributed by atoms with Crippen molar-refractivity contribution in [2.75, 3.05) is 25.3 Å². The minimum atomic E-state index is 0.473. The van der Waals surface area contributed by atoms with Crippen molar-refractivity contribution in [2.45, 2.75) is 6.42 Å².